The Bertz CT molecular complexity index is 683. The third-order valence-electron chi connectivity index (χ3n) is 3.11. The largest absolute Gasteiger partial charge is 0.496 e. The quantitative estimate of drug-likeness (QED) is 0.703. The van der Waals surface area contributed by atoms with Crippen molar-refractivity contribution in [3.63, 3.8) is 0 Å². The zero-order valence-corrected chi connectivity index (χ0v) is 10.4. The van der Waals surface area contributed by atoms with Gasteiger partial charge in [-0.15, -0.1) is 10.2 Å². The Morgan fingerprint density at radius 3 is 2.89 bits per heavy atom. The van der Waals surface area contributed by atoms with E-state index in [1.807, 2.05) is 29.9 Å². The van der Waals surface area contributed by atoms with Gasteiger partial charge in [0.05, 0.1) is 19.2 Å². The number of methoxy groups -OCH3 is 1. The topological polar surface area (TPSA) is 44.9 Å². The van der Waals surface area contributed by atoms with Crippen molar-refractivity contribution in [3.05, 3.63) is 42.6 Å². The number of fused-ring (bicyclic) bond motifs is 1. The molecule has 1 aromatic carbocycles. The van der Waals surface area contributed by atoms with Crippen LogP contribution in [0.3, 0.4) is 0 Å². The van der Waals surface area contributed by atoms with E-state index in [-0.39, 0.29) is 0 Å². The highest BCUT2D eigenvalue weighted by molar-refractivity contribution is 5.86. The number of aromatic nitrogens is 4. The lowest BCUT2D eigenvalue weighted by atomic mass is 10.2. The van der Waals surface area contributed by atoms with E-state index >= 15 is 0 Å². The first-order valence-corrected chi connectivity index (χ1v) is 5.74. The molecule has 92 valence electrons. The lowest BCUT2D eigenvalue weighted by Crippen LogP contribution is -2.04. The van der Waals surface area contributed by atoms with E-state index < -0.39 is 0 Å². The van der Waals surface area contributed by atoms with E-state index in [1.165, 1.54) is 0 Å². The fourth-order valence-corrected chi connectivity index (χ4v) is 2.11. The molecule has 0 unspecified atom stereocenters. The minimum absolute atomic E-state index is 0.702. The lowest BCUT2D eigenvalue weighted by molar-refractivity contribution is 0.420. The molecule has 0 fully saturated rings. The number of rotatable bonds is 3. The Hall–Kier alpha value is -2.30. The van der Waals surface area contributed by atoms with Gasteiger partial charge in [0.15, 0.2) is 5.82 Å². The van der Waals surface area contributed by atoms with Gasteiger partial charge < -0.3 is 13.9 Å². The zero-order valence-electron chi connectivity index (χ0n) is 10.4. The summed E-state index contributed by atoms with van der Waals surface area (Å²) in [6.45, 7) is 0.702. The highest BCUT2D eigenvalue weighted by atomic mass is 16.5. The second-order valence-electron chi connectivity index (χ2n) is 4.19. The summed E-state index contributed by atoms with van der Waals surface area (Å²) in [4.78, 5) is 0. The molecule has 0 amide bonds. The maximum Gasteiger partial charge on any atom is 0.152 e. The van der Waals surface area contributed by atoms with E-state index in [1.54, 1.807) is 13.4 Å². The summed E-state index contributed by atoms with van der Waals surface area (Å²) < 4.78 is 9.42. The molecule has 2 aromatic heterocycles. The fraction of sp³-hybridized carbons (Fsp3) is 0.231. The molecular weight excluding hydrogens is 228 g/mol. The van der Waals surface area contributed by atoms with Crippen molar-refractivity contribution in [2.75, 3.05) is 7.11 Å². The van der Waals surface area contributed by atoms with Crippen LogP contribution in [0.15, 0.2) is 36.8 Å². The lowest BCUT2D eigenvalue weighted by Gasteiger charge is -2.06. The SMILES string of the molecule is COc1cccc2c1ccn2Cc1nncn1C. The van der Waals surface area contributed by atoms with Crippen molar-refractivity contribution in [2.45, 2.75) is 6.54 Å². The van der Waals surface area contributed by atoms with Crippen molar-refractivity contribution in [2.24, 2.45) is 7.05 Å². The Kier molecular flexibility index (Phi) is 2.51. The van der Waals surface area contributed by atoms with Gasteiger partial charge in [0.2, 0.25) is 0 Å². The van der Waals surface area contributed by atoms with Crippen molar-refractivity contribution in [1.82, 2.24) is 19.3 Å². The monoisotopic (exact) mass is 242 g/mol. The van der Waals surface area contributed by atoms with Crippen LogP contribution in [-0.2, 0) is 13.6 Å². The minimum Gasteiger partial charge on any atom is -0.496 e. The number of hydrogen-bond acceptors (Lipinski definition) is 3. The first-order chi connectivity index (χ1) is 8.79. The average Bonchev–Trinajstić information content (AvgIpc) is 2.97. The van der Waals surface area contributed by atoms with Crippen LogP contribution in [-0.4, -0.2) is 26.4 Å². The molecule has 2 heterocycles. The van der Waals surface area contributed by atoms with Gasteiger partial charge >= 0.3 is 0 Å². The Labute approximate surface area is 105 Å². The summed E-state index contributed by atoms with van der Waals surface area (Å²) in [7, 11) is 3.64. The molecule has 3 aromatic rings. The molecule has 0 saturated heterocycles. The van der Waals surface area contributed by atoms with E-state index in [9.17, 15) is 0 Å². The summed E-state index contributed by atoms with van der Waals surface area (Å²) >= 11 is 0. The van der Waals surface area contributed by atoms with Crippen molar-refractivity contribution in [1.29, 1.82) is 0 Å². The van der Waals surface area contributed by atoms with Crippen LogP contribution in [0.2, 0.25) is 0 Å². The number of nitrogens with zero attached hydrogens (tertiary/aromatic N) is 4. The second-order valence-corrected chi connectivity index (χ2v) is 4.19. The number of benzene rings is 1. The molecule has 3 rings (SSSR count). The molecule has 0 aliphatic rings. The summed E-state index contributed by atoms with van der Waals surface area (Å²) in [5.74, 6) is 1.82. The Morgan fingerprint density at radius 2 is 2.17 bits per heavy atom. The molecule has 0 aliphatic heterocycles. The summed E-state index contributed by atoms with van der Waals surface area (Å²) in [5.41, 5.74) is 1.14. The van der Waals surface area contributed by atoms with Gasteiger partial charge in [0.1, 0.15) is 12.1 Å². The molecular formula is C13H14N4O. The Morgan fingerprint density at radius 1 is 1.28 bits per heavy atom. The van der Waals surface area contributed by atoms with Crippen molar-refractivity contribution in [3.8, 4) is 5.75 Å². The second kappa shape index (κ2) is 4.18. The van der Waals surface area contributed by atoms with Gasteiger partial charge in [-0.25, -0.2) is 0 Å². The minimum atomic E-state index is 0.702. The van der Waals surface area contributed by atoms with Crippen LogP contribution >= 0.6 is 0 Å². The van der Waals surface area contributed by atoms with Crippen LogP contribution in [0.1, 0.15) is 5.82 Å². The molecule has 0 atom stereocenters. The first kappa shape index (κ1) is 10.8. The van der Waals surface area contributed by atoms with Crippen molar-refractivity contribution >= 4 is 10.9 Å². The van der Waals surface area contributed by atoms with Gasteiger partial charge in [-0.1, -0.05) is 6.07 Å². The molecule has 0 N–H and O–H groups in total. The van der Waals surface area contributed by atoms with Crippen LogP contribution < -0.4 is 4.74 Å². The average molecular weight is 242 g/mol. The first-order valence-electron chi connectivity index (χ1n) is 5.74. The number of hydrogen-bond donors (Lipinski definition) is 0. The third-order valence-corrected chi connectivity index (χ3v) is 3.11. The molecule has 0 saturated carbocycles. The molecule has 0 aliphatic carbocycles. The standard InChI is InChI=1S/C13H14N4O/c1-16-9-14-15-13(16)8-17-7-6-10-11(17)4-3-5-12(10)18-2/h3-7,9H,8H2,1-2H3. The Balaban J connectivity index is 2.06. The summed E-state index contributed by atoms with van der Waals surface area (Å²) in [6, 6.07) is 8.10. The molecule has 0 bridgehead atoms. The summed E-state index contributed by atoms with van der Waals surface area (Å²) in [5, 5.41) is 9.11. The van der Waals surface area contributed by atoms with Gasteiger partial charge in [0, 0.05) is 18.6 Å². The highest BCUT2D eigenvalue weighted by Crippen LogP contribution is 2.26. The zero-order chi connectivity index (χ0) is 12.5. The maximum atomic E-state index is 5.35. The summed E-state index contributed by atoms with van der Waals surface area (Å²) in [6.07, 6.45) is 3.75. The number of ether oxygens (including phenoxy) is 1. The highest BCUT2D eigenvalue weighted by Gasteiger charge is 2.08. The van der Waals surface area contributed by atoms with Crippen LogP contribution in [0, 0.1) is 0 Å². The predicted octanol–water partition coefficient (Wildman–Crippen LogP) is 1.83. The van der Waals surface area contributed by atoms with Crippen LogP contribution in [0.5, 0.6) is 5.75 Å². The maximum absolute atomic E-state index is 5.35. The number of aryl methyl sites for hydroxylation is 1. The van der Waals surface area contributed by atoms with Gasteiger partial charge in [0.25, 0.3) is 0 Å². The van der Waals surface area contributed by atoms with Crippen LogP contribution in [0.25, 0.3) is 10.9 Å². The van der Waals surface area contributed by atoms with Gasteiger partial charge in [-0.05, 0) is 18.2 Å². The molecule has 0 spiro atoms. The fourth-order valence-electron chi connectivity index (χ4n) is 2.11. The van der Waals surface area contributed by atoms with E-state index in [0.29, 0.717) is 6.54 Å². The van der Waals surface area contributed by atoms with Gasteiger partial charge in [-0.2, -0.15) is 0 Å². The van der Waals surface area contributed by atoms with E-state index in [4.69, 9.17) is 4.74 Å². The molecule has 5 heteroatoms. The normalized spacial score (nSPS) is 11.0. The van der Waals surface area contributed by atoms with Gasteiger partial charge in [-0.3, -0.25) is 0 Å². The van der Waals surface area contributed by atoms with E-state index in [0.717, 1.165) is 22.5 Å². The third kappa shape index (κ3) is 1.64. The molecule has 0 radical (unpaired) electrons. The molecule has 18 heavy (non-hydrogen) atoms. The molecule has 5 nitrogen and oxygen atoms in total. The predicted molar refractivity (Wildman–Crippen MR) is 68.6 cm³/mol. The van der Waals surface area contributed by atoms with E-state index in [2.05, 4.69) is 26.9 Å². The smallest absolute Gasteiger partial charge is 0.152 e. The van der Waals surface area contributed by atoms with Crippen LogP contribution in [0.4, 0.5) is 0 Å². The van der Waals surface area contributed by atoms with Crippen molar-refractivity contribution < 1.29 is 4.74 Å².